The lowest BCUT2D eigenvalue weighted by Gasteiger charge is -2.32. The van der Waals surface area contributed by atoms with Gasteiger partial charge < -0.3 is 10.2 Å². The monoisotopic (exact) mass is 312 g/mol. The number of nitrogens with one attached hydrogen (secondary N) is 1. The summed E-state index contributed by atoms with van der Waals surface area (Å²) < 4.78 is 14.4. The molecule has 1 N–H and O–H groups in total. The van der Waals surface area contributed by atoms with Crippen LogP contribution < -0.4 is 10.2 Å². The molecular weight excluding hydrogens is 283 g/mol. The van der Waals surface area contributed by atoms with Crippen LogP contribution in [0, 0.1) is 5.82 Å². The first kappa shape index (κ1) is 18.3. The van der Waals surface area contributed by atoms with Crippen LogP contribution in [0.4, 0.5) is 10.1 Å². The summed E-state index contributed by atoms with van der Waals surface area (Å²) in [6.07, 6.45) is 4.23. The van der Waals surface area contributed by atoms with E-state index in [4.69, 9.17) is 0 Å². The Hall–Kier alpha value is -0.740. The SMILES string of the molecule is CCCNC(C)c1c(F)cccc1N(C)C(CC)CSC. The highest BCUT2D eigenvalue weighted by Gasteiger charge is 2.21. The Morgan fingerprint density at radius 1 is 1.33 bits per heavy atom. The lowest BCUT2D eigenvalue weighted by molar-refractivity contribution is 0.524. The average Bonchev–Trinajstić information content (AvgIpc) is 2.49. The maximum absolute atomic E-state index is 14.4. The number of hydrogen-bond donors (Lipinski definition) is 1. The van der Waals surface area contributed by atoms with E-state index in [0.717, 1.165) is 36.4 Å². The molecule has 0 spiro atoms. The molecular formula is C17H29FN2S. The van der Waals surface area contributed by atoms with Crippen LogP contribution in [0.2, 0.25) is 0 Å². The van der Waals surface area contributed by atoms with Crippen molar-refractivity contribution < 1.29 is 4.39 Å². The average molecular weight is 312 g/mol. The van der Waals surface area contributed by atoms with Gasteiger partial charge in [-0.3, -0.25) is 0 Å². The molecule has 0 fully saturated rings. The van der Waals surface area contributed by atoms with E-state index in [1.807, 2.05) is 30.8 Å². The third kappa shape index (κ3) is 4.89. The van der Waals surface area contributed by atoms with E-state index in [1.165, 1.54) is 0 Å². The predicted molar refractivity (Wildman–Crippen MR) is 94.0 cm³/mol. The van der Waals surface area contributed by atoms with E-state index in [9.17, 15) is 4.39 Å². The Balaban J connectivity index is 3.08. The van der Waals surface area contributed by atoms with E-state index < -0.39 is 0 Å². The largest absolute Gasteiger partial charge is 0.370 e. The summed E-state index contributed by atoms with van der Waals surface area (Å²) in [5.41, 5.74) is 1.79. The van der Waals surface area contributed by atoms with Gasteiger partial charge in [0.1, 0.15) is 5.82 Å². The summed E-state index contributed by atoms with van der Waals surface area (Å²) in [4.78, 5) is 2.24. The number of benzene rings is 1. The van der Waals surface area contributed by atoms with Crippen molar-refractivity contribution in [2.75, 3.05) is 30.5 Å². The minimum Gasteiger partial charge on any atom is -0.370 e. The van der Waals surface area contributed by atoms with Gasteiger partial charge in [-0.1, -0.05) is 19.9 Å². The molecule has 1 aromatic rings. The van der Waals surface area contributed by atoms with E-state index >= 15 is 0 Å². The molecule has 120 valence electrons. The Labute approximate surface area is 133 Å². The fraction of sp³-hybridized carbons (Fsp3) is 0.647. The number of nitrogens with zero attached hydrogens (tertiary/aromatic N) is 1. The van der Waals surface area contributed by atoms with E-state index in [2.05, 4.69) is 37.4 Å². The minimum atomic E-state index is -0.116. The van der Waals surface area contributed by atoms with Gasteiger partial charge in [-0.2, -0.15) is 11.8 Å². The normalized spacial score (nSPS) is 14.0. The van der Waals surface area contributed by atoms with Gasteiger partial charge in [0, 0.05) is 36.1 Å². The van der Waals surface area contributed by atoms with Crippen LogP contribution in [-0.2, 0) is 0 Å². The summed E-state index contributed by atoms with van der Waals surface area (Å²) >= 11 is 1.84. The predicted octanol–water partition coefficient (Wildman–Crippen LogP) is 4.46. The number of rotatable bonds is 9. The molecule has 0 amide bonds. The Morgan fingerprint density at radius 2 is 2.05 bits per heavy atom. The van der Waals surface area contributed by atoms with Crippen molar-refractivity contribution in [2.24, 2.45) is 0 Å². The van der Waals surface area contributed by atoms with Crippen LogP contribution in [0.3, 0.4) is 0 Å². The molecule has 0 aliphatic carbocycles. The first-order chi connectivity index (χ1) is 10.1. The second kappa shape index (κ2) is 9.31. The van der Waals surface area contributed by atoms with Crippen molar-refractivity contribution in [3.8, 4) is 0 Å². The van der Waals surface area contributed by atoms with Crippen LogP contribution in [-0.4, -0.2) is 31.6 Å². The van der Waals surface area contributed by atoms with Crippen molar-refractivity contribution in [3.05, 3.63) is 29.6 Å². The fourth-order valence-corrected chi connectivity index (χ4v) is 3.46. The highest BCUT2D eigenvalue weighted by Crippen LogP contribution is 2.30. The smallest absolute Gasteiger partial charge is 0.130 e. The molecule has 0 saturated carbocycles. The minimum absolute atomic E-state index is 0.0235. The molecule has 0 aromatic heterocycles. The molecule has 21 heavy (non-hydrogen) atoms. The molecule has 2 nitrogen and oxygen atoms in total. The van der Waals surface area contributed by atoms with Crippen LogP contribution in [0.1, 0.15) is 45.2 Å². The van der Waals surface area contributed by atoms with Crippen LogP contribution >= 0.6 is 11.8 Å². The third-order valence-electron chi connectivity index (χ3n) is 3.92. The van der Waals surface area contributed by atoms with Crippen molar-refractivity contribution >= 4 is 17.4 Å². The summed E-state index contributed by atoms with van der Waals surface area (Å²) in [6.45, 7) is 7.26. The maximum atomic E-state index is 14.4. The summed E-state index contributed by atoms with van der Waals surface area (Å²) in [7, 11) is 2.08. The second-order valence-electron chi connectivity index (χ2n) is 5.48. The fourth-order valence-electron chi connectivity index (χ4n) is 2.62. The molecule has 0 aliphatic heterocycles. The number of anilines is 1. The zero-order valence-corrected chi connectivity index (χ0v) is 14.8. The summed E-state index contributed by atoms with van der Waals surface area (Å²) in [5.74, 6) is 0.939. The topological polar surface area (TPSA) is 15.3 Å². The molecule has 0 heterocycles. The van der Waals surface area contributed by atoms with Crippen molar-refractivity contribution in [1.29, 1.82) is 0 Å². The van der Waals surface area contributed by atoms with Gasteiger partial charge in [0.25, 0.3) is 0 Å². The van der Waals surface area contributed by atoms with Crippen molar-refractivity contribution in [1.82, 2.24) is 5.32 Å². The van der Waals surface area contributed by atoms with E-state index in [1.54, 1.807) is 6.07 Å². The molecule has 2 atom stereocenters. The lowest BCUT2D eigenvalue weighted by atomic mass is 10.0. The molecule has 1 aromatic carbocycles. The van der Waals surface area contributed by atoms with Gasteiger partial charge in [-0.15, -0.1) is 0 Å². The molecule has 2 unspecified atom stereocenters. The highest BCUT2D eigenvalue weighted by molar-refractivity contribution is 7.98. The molecule has 0 radical (unpaired) electrons. The maximum Gasteiger partial charge on any atom is 0.130 e. The molecule has 0 aliphatic rings. The van der Waals surface area contributed by atoms with Gasteiger partial charge in [-0.05, 0) is 44.7 Å². The molecule has 0 bridgehead atoms. The second-order valence-corrected chi connectivity index (χ2v) is 6.39. The number of thioether (sulfide) groups is 1. The summed E-state index contributed by atoms with van der Waals surface area (Å²) in [5, 5.41) is 3.40. The van der Waals surface area contributed by atoms with Gasteiger partial charge in [-0.25, -0.2) is 4.39 Å². The van der Waals surface area contributed by atoms with Gasteiger partial charge in [0.2, 0.25) is 0 Å². The van der Waals surface area contributed by atoms with Crippen LogP contribution in [0.5, 0.6) is 0 Å². The molecule has 0 saturated heterocycles. The van der Waals surface area contributed by atoms with Crippen LogP contribution in [0.25, 0.3) is 0 Å². The van der Waals surface area contributed by atoms with Gasteiger partial charge in [0.15, 0.2) is 0 Å². The Bertz CT molecular complexity index is 425. The first-order valence-electron chi connectivity index (χ1n) is 7.80. The quantitative estimate of drug-likeness (QED) is 0.724. The van der Waals surface area contributed by atoms with E-state index in [-0.39, 0.29) is 11.9 Å². The zero-order chi connectivity index (χ0) is 15.8. The number of hydrogen-bond acceptors (Lipinski definition) is 3. The standard InChI is InChI=1S/C17H29FN2S/c1-6-11-19-13(3)17-15(18)9-8-10-16(17)20(4)14(7-2)12-21-5/h8-10,13-14,19H,6-7,11-12H2,1-5H3. The molecule has 4 heteroatoms. The van der Waals surface area contributed by atoms with Crippen molar-refractivity contribution in [2.45, 2.75) is 45.7 Å². The zero-order valence-electron chi connectivity index (χ0n) is 13.9. The van der Waals surface area contributed by atoms with E-state index in [0.29, 0.717) is 6.04 Å². The van der Waals surface area contributed by atoms with Crippen LogP contribution in [0.15, 0.2) is 18.2 Å². The third-order valence-corrected chi connectivity index (χ3v) is 4.64. The first-order valence-corrected chi connectivity index (χ1v) is 9.19. The van der Waals surface area contributed by atoms with Gasteiger partial charge in [0.05, 0.1) is 0 Å². The lowest BCUT2D eigenvalue weighted by Crippen LogP contribution is -2.35. The summed E-state index contributed by atoms with van der Waals surface area (Å²) in [6, 6.07) is 5.86. The number of halogens is 1. The molecule has 1 rings (SSSR count). The Morgan fingerprint density at radius 3 is 2.62 bits per heavy atom. The highest BCUT2D eigenvalue weighted by atomic mass is 32.2. The Kier molecular flexibility index (Phi) is 8.12. The van der Waals surface area contributed by atoms with Crippen molar-refractivity contribution in [3.63, 3.8) is 0 Å². The van der Waals surface area contributed by atoms with Gasteiger partial charge >= 0.3 is 0 Å².